The van der Waals surface area contributed by atoms with E-state index in [0.29, 0.717) is 30.0 Å². The summed E-state index contributed by atoms with van der Waals surface area (Å²) in [5, 5.41) is 4.42. The molecule has 6 heteroatoms. The Labute approximate surface area is 127 Å². The molecule has 0 bridgehead atoms. The molecule has 112 valence electrons. The fraction of sp³-hybridized carbons (Fsp3) is 0.250. The summed E-state index contributed by atoms with van der Waals surface area (Å²) in [6.45, 7) is 3.03. The number of hydrogen-bond acceptors (Lipinski definition) is 4. The Hall–Kier alpha value is -2.47. The van der Waals surface area contributed by atoms with Crippen molar-refractivity contribution in [2.24, 2.45) is 0 Å². The van der Waals surface area contributed by atoms with Crippen molar-refractivity contribution in [3.63, 3.8) is 0 Å². The molecule has 0 atom stereocenters. The fourth-order valence-electron chi connectivity index (χ4n) is 2.78. The summed E-state index contributed by atoms with van der Waals surface area (Å²) in [4.78, 5) is 6.59. The number of benzene rings is 1. The second kappa shape index (κ2) is 5.38. The minimum Gasteiger partial charge on any atom is -0.378 e. The molecule has 0 radical (unpaired) electrons. The molecule has 0 unspecified atom stereocenters. The summed E-state index contributed by atoms with van der Waals surface area (Å²) in [5.41, 5.74) is 1.88. The van der Waals surface area contributed by atoms with Crippen LogP contribution in [0.15, 0.2) is 42.7 Å². The number of anilines is 1. The molecule has 1 saturated heterocycles. The first kappa shape index (κ1) is 13.2. The van der Waals surface area contributed by atoms with E-state index in [1.54, 1.807) is 29.0 Å². The molecule has 0 aliphatic carbocycles. The molecule has 0 saturated carbocycles. The molecule has 0 spiro atoms. The molecule has 2 aromatic heterocycles. The van der Waals surface area contributed by atoms with Crippen molar-refractivity contribution >= 4 is 11.5 Å². The van der Waals surface area contributed by atoms with Crippen LogP contribution in [0.4, 0.5) is 10.2 Å². The Morgan fingerprint density at radius 1 is 1.05 bits per heavy atom. The lowest BCUT2D eigenvalue weighted by atomic mass is 10.1. The lowest BCUT2D eigenvalue weighted by Gasteiger charge is -2.28. The van der Waals surface area contributed by atoms with Gasteiger partial charge in [0.15, 0.2) is 5.65 Å². The SMILES string of the molecule is Fc1ccccc1-c1cnn2c(N3CCOCC3)ccnc12. The van der Waals surface area contributed by atoms with Gasteiger partial charge in [0, 0.05) is 30.4 Å². The molecule has 1 aliphatic heterocycles. The van der Waals surface area contributed by atoms with Crippen LogP contribution < -0.4 is 4.90 Å². The van der Waals surface area contributed by atoms with Crippen molar-refractivity contribution in [2.45, 2.75) is 0 Å². The highest BCUT2D eigenvalue weighted by Crippen LogP contribution is 2.28. The van der Waals surface area contributed by atoms with E-state index in [-0.39, 0.29) is 5.82 Å². The normalized spacial score (nSPS) is 15.4. The maximum Gasteiger partial charge on any atom is 0.165 e. The second-order valence-electron chi connectivity index (χ2n) is 5.18. The predicted octanol–water partition coefficient (Wildman–Crippen LogP) is 2.37. The van der Waals surface area contributed by atoms with Gasteiger partial charge in [-0.25, -0.2) is 9.37 Å². The van der Waals surface area contributed by atoms with Crippen LogP contribution in [0, 0.1) is 5.82 Å². The topological polar surface area (TPSA) is 42.7 Å². The quantitative estimate of drug-likeness (QED) is 0.728. The Balaban J connectivity index is 1.85. The van der Waals surface area contributed by atoms with Crippen molar-refractivity contribution in [3.8, 4) is 11.1 Å². The molecule has 3 aromatic rings. The standard InChI is InChI=1S/C16H15FN4O/c17-14-4-2-1-3-12(14)13-11-19-21-15(5-6-18-16(13)21)20-7-9-22-10-8-20/h1-6,11H,7-10H2. The van der Waals surface area contributed by atoms with E-state index in [1.807, 2.05) is 12.1 Å². The highest BCUT2D eigenvalue weighted by molar-refractivity contribution is 5.78. The van der Waals surface area contributed by atoms with E-state index in [0.717, 1.165) is 18.9 Å². The van der Waals surface area contributed by atoms with Crippen LogP contribution in [-0.4, -0.2) is 40.9 Å². The number of rotatable bonds is 2. The first-order valence-electron chi connectivity index (χ1n) is 7.25. The molecule has 4 rings (SSSR count). The van der Waals surface area contributed by atoms with Gasteiger partial charge in [-0.05, 0) is 12.1 Å². The Morgan fingerprint density at radius 3 is 2.68 bits per heavy atom. The van der Waals surface area contributed by atoms with Crippen molar-refractivity contribution in [2.75, 3.05) is 31.2 Å². The maximum atomic E-state index is 14.0. The average Bonchev–Trinajstić information content (AvgIpc) is 3.00. The van der Waals surface area contributed by atoms with E-state index >= 15 is 0 Å². The van der Waals surface area contributed by atoms with E-state index in [4.69, 9.17) is 4.74 Å². The number of morpholine rings is 1. The zero-order valence-electron chi connectivity index (χ0n) is 11.9. The minimum atomic E-state index is -0.268. The zero-order valence-corrected chi connectivity index (χ0v) is 11.9. The van der Waals surface area contributed by atoms with E-state index in [2.05, 4.69) is 15.0 Å². The lowest BCUT2D eigenvalue weighted by Crippen LogP contribution is -2.37. The molecule has 1 aliphatic rings. The van der Waals surface area contributed by atoms with Gasteiger partial charge >= 0.3 is 0 Å². The molecular weight excluding hydrogens is 283 g/mol. The monoisotopic (exact) mass is 298 g/mol. The predicted molar refractivity (Wildman–Crippen MR) is 81.4 cm³/mol. The van der Waals surface area contributed by atoms with Gasteiger partial charge < -0.3 is 9.64 Å². The summed E-state index contributed by atoms with van der Waals surface area (Å²) in [7, 11) is 0. The molecule has 22 heavy (non-hydrogen) atoms. The van der Waals surface area contributed by atoms with Gasteiger partial charge in [0.25, 0.3) is 0 Å². The van der Waals surface area contributed by atoms with E-state index < -0.39 is 0 Å². The molecule has 5 nitrogen and oxygen atoms in total. The maximum absolute atomic E-state index is 14.0. The number of ether oxygens (including phenoxy) is 1. The summed E-state index contributed by atoms with van der Waals surface area (Å²) in [6.07, 6.45) is 3.41. The molecular formula is C16H15FN4O. The van der Waals surface area contributed by atoms with Gasteiger partial charge in [-0.2, -0.15) is 9.61 Å². The number of hydrogen-bond donors (Lipinski definition) is 0. The third-order valence-electron chi connectivity index (χ3n) is 3.88. The number of aromatic nitrogens is 3. The van der Waals surface area contributed by atoms with Crippen LogP contribution in [0.5, 0.6) is 0 Å². The Bertz CT molecular complexity index is 811. The van der Waals surface area contributed by atoms with Crippen molar-refractivity contribution in [3.05, 3.63) is 48.5 Å². The van der Waals surface area contributed by atoms with Gasteiger partial charge in [-0.1, -0.05) is 18.2 Å². The van der Waals surface area contributed by atoms with Crippen molar-refractivity contribution in [1.29, 1.82) is 0 Å². The third-order valence-corrected chi connectivity index (χ3v) is 3.88. The summed E-state index contributed by atoms with van der Waals surface area (Å²) < 4.78 is 21.2. The van der Waals surface area contributed by atoms with Crippen molar-refractivity contribution < 1.29 is 9.13 Å². The second-order valence-corrected chi connectivity index (χ2v) is 5.18. The molecule has 3 heterocycles. The Morgan fingerprint density at radius 2 is 1.86 bits per heavy atom. The molecule has 1 fully saturated rings. The van der Waals surface area contributed by atoms with Crippen LogP contribution >= 0.6 is 0 Å². The third kappa shape index (κ3) is 2.12. The fourth-order valence-corrected chi connectivity index (χ4v) is 2.78. The number of nitrogens with zero attached hydrogens (tertiary/aromatic N) is 4. The van der Waals surface area contributed by atoms with Crippen molar-refractivity contribution in [1.82, 2.24) is 14.6 Å². The Kier molecular flexibility index (Phi) is 3.23. The van der Waals surface area contributed by atoms with Crippen LogP contribution in [0.25, 0.3) is 16.8 Å². The zero-order chi connectivity index (χ0) is 14.9. The smallest absolute Gasteiger partial charge is 0.165 e. The first-order valence-corrected chi connectivity index (χ1v) is 7.25. The van der Waals surface area contributed by atoms with Gasteiger partial charge in [0.2, 0.25) is 0 Å². The summed E-state index contributed by atoms with van der Waals surface area (Å²) in [5.74, 6) is 0.687. The summed E-state index contributed by atoms with van der Waals surface area (Å²) in [6, 6.07) is 8.61. The molecule has 0 N–H and O–H groups in total. The average molecular weight is 298 g/mol. The highest BCUT2D eigenvalue weighted by atomic mass is 19.1. The van der Waals surface area contributed by atoms with Crippen LogP contribution in [0.3, 0.4) is 0 Å². The summed E-state index contributed by atoms with van der Waals surface area (Å²) >= 11 is 0. The number of fused-ring (bicyclic) bond motifs is 1. The minimum absolute atomic E-state index is 0.268. The van der Waals surface area contributed by atoms with Gasteiger partial charge in [-0.3, -0.25) is 0 Å². The molecule has 0 amide bonds. The largest absolute Gasteiger partial charge is 0.378 e. The lowest BCUT2D eigenvalue weighted by molar-refractivity contribution is 0.122. The van der Waals surface area contributed by atoms with Crippen LogP contribution in [-0.2, 0) is 4.74 Å². The van der Waals surface area contributed by atoms with Gasteiger partial charge in [0.1, 0.15) is 11.6 Å². The number of halogens is 1. The van der Waals surface area contributed by atoms with Gasteiger partial charge in [-0.15, -0.1) is 0 Å². The van der Waals surface area contributed by atoms with E-state index in [1.165, 1.54) is 6.07 Å². The van der Waals surface area contributed by atoms with Gasteiger partial charge in [0.05, 0.1) is 19.4 Å². The van der Waals surface area contributed by atoms with E-state index in [9.17, 15) is 4.39 Å². The van der Waals surface area contributed by atoms with Crippen LogP contribution in [0.1, 0.15) is 0 Å². The molecule has 1 aromatic carbocycles. The van der Waals surface area contributed by atoms with Crippen LogP contribution in [0.2, 0.25) is 0 Å². The first-order chi connectivity index (χ1) is 10.8. The highest BCUT2D eigenvalue weighted by Gasteiger charge is 2.18.